The minimum Gasteiger partial charge on any atom is -0.408 e. The Labute approximate surface area is 97.3 Å². The van der Waals surface area contributed by atoms with Crippen LogP contribution < -0.4 is 0 Å². The quantitative estimate of drug-likeness (QED) is 0.448. The van der Waals surface area contributed by atoms with E-state index in [1.165, 1.54) is 0 Å². The van der Waals surface area contributed by atoms with E-state index in [9.17, 15) is 4.79 Å². The molecule has 15 heavy (non-hydrogen) atoms. The monoisotopic (exact) mass is 270 g/mol. The van der Waals surface area contributed by atoms with Crippen molar-refractivity contribution in [1.29, 1.82) is 0 Å². The molecule has 3 nitrogen and oxygen atoms in total. The van der Waals surface area contributed by atoms with Crippen LogP contribution in [0.5, 0.6) is 0 Å². The van der Waals surface area contributed by atoms with Crippen LogP contribution in [-0.4, -0.2) is 17.9 Å². The summed E-state index contributed by atoms with van der Waals surface area (Å²) in [4.78, 5) is 10.6. The number of carbonyl (C=O) groups is 1. The van der Waals surface area contributed by atoms with E-state index in [0.29, 0.717) is 17.8 Å². The normalized spacial score (nSPS) is 24.5. The van der Waals surface area contributed by atoms with Gasteiger partial charge in [-0.3, -0.25) is 4.79 Å². The van der Waals surface area contributed by atoms with Gasteiger partial charge in [-0.2, -0.15) is 0 Å². The summed E-state index contributed by atoms with van der Waals surface area (Å²) in [5.74, 6) is 3.17. The maximum absolute atomic E-state index is 10.6. The van der Waals surface area contributed by atoms with Gasteiger partial charge in [0.05, 0.1) is 0 Å². The van der Waals surface area contributed by atoms with Crippen LogP contribution in [0.15, 0.2) is 23.5 Å². The number of halogens is 1. The highest BCUT2D eigenvalue weighted by atomic mass is 79.9. The number of rotatable bonds is 3. The molecular formula is C11H11BrO3. The van der Waals surface area contributed by atoms with Crippen molar-refractivity contribution >= 4 is 22.2 Å². The summed E-state index contributed by atoms with van der Waals surface area (Å²) in [6.45, 7) is 1.68. The third-order valence-electron chi connectivity index (χ3n) is 1.99. The van der Waals surface area contributed by atoms with E-state index in [1.54, 1.807) is 26.2 Å². The Bertz CT molecular complexity index is 373. The third-order valence-corrected chi connectivity index (χ3v) is 2.98. The van der Waals surface area contributed by atoms with Gasteiger partial charge in [-0.1, -0.05) is 12.0 Å². The lowest BCUT2D eigenvalue weighted by molar-refractivity contribution is -0.105. The number of ether oxygens (including phenoxy) is 2. The van der Waals surface area contributed by atoms with Gasteiger partial charge in [-0.15, -0.1) is 0 Å². The lowest BCUT2D eigenvalue weighted by Gasteiger charge is -2.28. The Morgan fingerprint density at radius 1 is 1.60 bits per heavy atom. The lowest BCUT2D eigenvalue weighted by atomic mass is 10.0. The van der Waals surface area contributed by atoms with Gasteiger partial charge in [0.1, 0.15) is 12.4 Å². The van der Waals surface area contributed by atoms with Gasteiger partial charge in [0.25, 0.3) is 0 Å². The number of methoxy groups -OCH3 is 1. The Kier molecular flexibility index (Phi) is 4.13. The number of alkyl halides is 1. The maximum Gasteiger partial charge on any atom is 0.184 e. The van der Waals surface area contributed by atoms with Gasteiger partial charge >= 0.3 is 0 Å². The number of carbonyl (C=O) groups excluding carboxylic acids is 1. The molecule has 0 saturated heterocycles. The van der Waals surface area contributed by atoms with Gasteiger partial charge in [-0.25, -0.2) is 0 Å². The molecule has 0 spiro atoms. The minimum atomic E-state index is -0.790. The van der Waals surface area contributed by atoms with Crippen LogP contribution in [0.2, 0.25) is 0 Å². The van der Waals surface area contributed by atoms with Crippen molar-refractivity contribution in [2.45, 2.75) is 17.9 Å². The summed E-state index contributed by atoms with van der Waals surface area (Å²) in [5, 5.41) is 0. The summed E-state index contributed by atoms with van der Waals surface area (Å²) >= 11 is 3.39. The van der Waals surface area contributed by atoms with Crippen LogP contribution in [-0.2, 0) is 14.3 Å². The molecule has 1 atom stereocenters. The fraction of sp³-hybridized carbons (Fsp3) is 0.364. The van der Waals surface area contributed by atoms with E-state index in [1.807, 2.05) is 0 Å². The molecular weight excluding hydrogens is 260 g/mol. The molecule has 0 heterocycles. The van der Waals surface area contributed by atoms with Gasteiger partial charge in [-0.05, 0) is 27.6 Å². The zero-order chi connectivity index (χ0) is 11.3. The molecule has 0 fully saturated rings. The number of allylic oxidation sites excluding steroid dienone is 2. The Balaban J connectivity index is 2.96. The van der Waals surface area contributed by atoms with Crippen molar-refractivity contribution in [3.8, 4) is 12.0 Å². The predicted molar refractivity (Wildman–Crippen MR) is 60.0 cm³/mol. The molecule has 0 aromatic rings. The molecule has 4 heteroatoms. The molecule has 0 aliphatic heterocycles. The fourth-order valence-corrected chi connectivity index (χ4v) is 1.72. The van der Waals surface area contributed by atoms with Crippen LogP contribution in [0.4, 0.5) is 0 Å². The molecule has 0 saturated carbocycles. The molecule has 80 valence electrons. The Hall–Kier alpha value is -1.05. The van der Waals surface area contributed by atoms with Gasteiger partial charge in [0.2, 0.25) is 0 Å². The average Bonchev–Trinajstić information content (AvgIpc) is 2.27. The van der Waals surface area contributed by atoms with E-state index in [0.717, 1.165) is 6.29 Å². The van der Waals surface area contributed by atoms with E-state index >= 15 is 0 Å². The Morgan fingerprint density at radius 2 is 2.33 bits per heavy atom. The minimum absolute atomic E-state index is 0.421. The highest BCUT2D eigenvalue weighted by Gasteiger charge is 2.36. The SMILES string of the molecule is CC#COC1=CC=C(C=O)CC1(Br)OC. The van der Waals surface area contributed by atoms with Crippen molar-refractivity contribution in [3.05, 3.63) is 23.5 Å². The van der Waals surface area contributed by atoms with Crippen molar-refractivity contribution in [2.24, 2.45) is 0 Å². The molecule has 1 rings (SSSR count). The van der Waals surface area contributed by atoms with Gasteiger partial charge < -0.3 is 9.47 Å². The second-order valence-corrected chi connectivity index (χ2v) is 4.23. The van der Waals surface area contributed by atoms with Crippen LogP contribution in [0, 0.1) is 12.0 Å². The van der Waals surface area contributed by atoms with E-state index in [4.69, 9.17) is 9.47 Å². The number of hydrogen-bond acceptors (Lipinski definition) is 3. The standard InChI is InChI=1S/C11H11BrO3/c1-3-6-15-10-5-4-9(8-13)7-11(10,12)14-2/h4-5,8H,7H2,1-2H3. The zero-order valence-electron chi connectivity index (χ0n) is 8.54. The first kappa shape index (κ1) is 12.0. The number of hydrogen-bond donors (Lipinski definition) is 0. The molecule has 1 aliphatic carbocycles. The van der Waals surface area contributed by atoms with Gasteiger partial charge in [0.15, 0.2) is 10.3 Å². The summed E-state index contributed by atoms with van der Waals surface area (Å²) < 4.78 is 9.69. The summed E-state index contributed by atoms with van der Waals surface area (Å²) in [6, 6.07) is 0. The van der Waals surface area contributed by atoms with Crippen molar-refractivity contribution in [1.82, 2.24) is 0 Å². The molecule has 1 aliphatic rings. The van der Waals surface area contributed by atoms with E-state index in [2.05, 4.69) is 28.0 Å². The summed E-state index contributed by atoms with van der Waals surface area (Å²) in [7, 11) is 1.54. The van der Waals surface area contributed by atoms with Crippen LogP contribution in [0.1, 0.15) is 13.3 Å². The maximum atomic E-state index is 10.6. The first-order valence-corrected chi connectivity index (χ1v) is 5.14. The average molecular weight is 271 g/mol. The second-order valence-electron chi connectivity index (χ2n) is 2.95. The molecule has 0 N–H and O–H groups in total. The highest BCUT2D eigenvalue weighted by molar-refractivity contribution is 9.10. The topological polar surface area (TPSA) is 35.5 Å². The van der Waals surface area contributed by atoms with Crippen molar-refractivity contribution < 1.29 is 14.3 Å². The summed E-state index contributed by atoms with van der Waals surface area (Å²) in [6.07, 6.45) is 7.08. The van der Waals surface area contributed by atoms with E-state index in [-0.39, 0.29) is 0 Å². The largest absolute Gasteiger partial charge is 0.408 e. The van der Waals surface area contributed by atoms with E-state index < -0.39 is 4.51 Å². The molecule has 0 aromatic carbocycles. The Morgan fingerprint density at radius 3 is 2.87 bits per heavy atom. The van der Waals surface area contributed by atoms with Crippen molar-refractivity contribution in [2.75, 3.05) is 7.11 Å². The molecule has 0 aromatic heterocycles. The second kappa shape index (κ2) is 5.15. The third kappa shape index (κ3) is 2.71. The molecule has 0 bridgehead atoms. The first-order chi connectivity index (χ1) is 7.16. The lowest BCUT2D eigenvalue weighted by Crippen LogP contribution is -2.29. The zero-order valence-corrected chi connectivity index (χ0v) is 10.1. The number of aldehydes is 1. The first-order valence-electron chi connectivity index (χ1n) is 4.35. The van der Waals surface area contributed by atoms with Crippen LogP contribution in [0.3, 0.4) is 0 Å². The predicted octanol–water partition coefficient (Wildman–Crippen LogP) is 2.13. The van der Waals surface area contributed by atoms with Crippen LogP contribution in [0.25, 0.3) is 0 Å². The smallest absolute Gasteiger partial charge is 0.184 e. The fourth-order valence-electron chi connectivity index (χ4n) is 1.19. The highest BCUT2D eigenvalue weighted by Crippen LogP contribution is 2.37. The van der Waals surface area contributed by atoms with Crippen LogP contribution >= 0.6 is 15.9 Å². The van der Waals surface area contributed by atoms with Gasteiger partial charge in [0, 0.05) is 20.5 Å². The molecule has 1 unspecified atom stereocenters. The molecule has 0 amide bonds. The summed E-state index contributed by atoms with van der Waals surface area (Å²) in [5.41, 5.74) is 0.644. The molecule has 0 radical (unpaired) electrons. The van der Waals surface area contributed by atoms with Crippen molar-refractivity contribution in [3.63, 3.8) is 0 Å².